The monoisotopic (exact) mass is 234 g/mol. The van der Waals surface area contributed by atoms with E-state index in [1.165, 1.54) is 0 Å². The van der Waals surface area contributed by atoms with Gasteiger partial charge in [0.05, 0.1) is 5.41 Å². The summed E-state index contributed by atoms with van der Waals surface area (Å²) in [7, 11) is 1.62. The predicted octanol–water partition coefficient (Wildman–Crippen LogP) is 2.14. The van der Waals surface area contributed by atoms with Gasteiger partial charge in [0.2, 0.25) is 0 Å². The van der Waals surface area contributed by atoms with Gasteiger partial charge in [-0.15, -0.1) is 0 Å². The molecular weight excluding hydrogens is 216 g/mol. The summed E-state index contributed by atoms with van der Waals surface area (Å²) in [6.07, 6.45) is 1.23. The molecule has 0 heterocycles. The zero-order valence-corrected chi connectivity index (χ0v) is 10.3. The zero-order valence-electron chi connectivity index (χ0n) is 10.3. The molecule has 0 bridgehead atoms. The molecule has 0 aromatic heterocycles. The van der Waals surface area contributed by atoms with Gasteiger partial charge < -0.3 is 9.84 Å². The Morgan fingerprint density at radius 3 is 2.35 bits per heavy atom. The fourth-order valence-electron chi connectivity index (χ4n) is 2.76. The van der Waals surface area contributed by atoms with E-state index in [4.69, 9.17) is 4.74 Å². The summed E-state index contributed by atoms with van der Waals surface area (Å²) in [4.78, 5) is 11.7. The Morgan fingerprint density at radius 2 is 1.94 bits per heavy atom. The number of carboxylic acid groups (broad SMARTS) is 1. The number of methoxy groups -OCH3 is 1. The molecule has 3 nitrogen and oxygen atoms in total. The average Bonchev–Trinajstić information content (AvgIpc) is 2.69. The molecule has 1 aromatic rings. The van der Waals surface area contributed by atoms with Gasteiger partial charge in [0.25, 0.3) is 0 Å². The molecule has 1 atom stereocenters. The smallest absolute Gasteiger partial charge is 0.310 e. The third-order valence-corrected chi connectivity index (χ3v) is 3.92. The van der Waals surface area contributed by atoms with Crippen LogP contribution >= 0.6 is 0 Å². The fraction of sp³-hybridized carbons (Fsp3) is 0.500. The quantitative estimate of drug-likeness (QED) is 0.868. The first-order valence-corrected chi connectivity index (χ1v) is 5.89. The topological polar surface area (TPSA) is 46.5 Å². The molecule has 1 unspecified atom stereocenters. The van der Waals surface area contributed by atoms with Crippen LogP contribution in [0.4, 0.5) is 0 Å². The Hall–Kier alpha value is -1.35. The summed E-state index contributed by atoms with van der Waals surface area (Å²) in [6, 6.07) is 7.99. The van der Waals surface area contributed by atoms with E-state index in [1.807, 2.05) is 31.2 Å². The molecule has 1 aromatic carbocycles. The van der Waals surface area contributed by atoms with E-state index in [0.717, 1.165) is 11.1 Å². The van der Waals surface area contributed by atoms with Crippen LogP contribution < -0.4 is 0 Å². The van der Waals surface area contributed by atoms with Gasteiger partial charge >= 0.3 is 5.97 Å². The van der Waals surface area contributed by atoms with Gasteiger partial charge in [0.15, 0.2) is 0 Å². The van der Waals surface area contributed by atoms with Crippen molar-refractivity contribution in [2.45, 2.75) is 19.8 Å². The number of hydrogen-bond acceptors (Lipinski definition) is 2. The van der Waals surface area contributed by atoms with Crippen LogP contribution in [0, 0.1) is 11.3 Å². The van der Waals surface area contributed by atoms with Crippen LogP contribution in [0.3, 0.4) is 0 Å². The van der Waals surface area contributed by atoms with Crippen molar-refractivity contribution in [1.82, 2.24) is 0 Å². The molecule has 1 N–H and O–H groups in total. The number of carboxylic acids is 1. The predicted molar refractivity (Wildman–Crippen MR) is 65.0 cm³/mol. The van der Waals surface area contributed by atoms with Crippen LogP contribution in [-0.2, 0) is 22.4 Å². The van der Waals surface area contributed by atoms with E-state index in [0.29, 0.717) is 19.4 Å². The van der Waals surface area contributed by atoms with Crippen LogP contribution in [0.2, 0.25) is 0 Å². The maximum absolute atomic E-state index is 11.7. The summed E-state index contributed by atoms with van der Waals surface area (Å²) in [6.45, 7) is 2.45. The normalized spacial score (nSPS) is 18.7. The van der Waals surface area contributed by atoms with E-state index in [2.05, 4.69) is 0 Å². The van der Waals surface area contributed by atoms with Crippen LogP contribution in [0.25, 0.3) is 0 Å². The first kappa shape index (κ1) is 12.1. The van der Waals surface area contributed by atoms with Crippen LogP contribution in [0.15, 0.2) is 24.3 Å². The third-order valence-electron chi connectivity index (χ3n) is 3.92. The standard InChI is InChI=1S/C14H18O3/c1-10(9-17-2)14(13(15)16)7-11-5-3-4-6-12(11)8-14/h3-6,10H,7-9H2,1-2H3,(H,15,16). The van der Waals surface area contributed by atoms with Gasteiger partial charge in [-0.05, 0) is 29.9 Å². The number of ether oxygens (including phenoxy) is 1. The van der Waals surface area contributed by atoms with E-state index < -0.39 is 11.4 Å². The summed E-state index contributed by atoms with van der Waals surface area (Å²) in [5.41, 5.74) is 1.63. The molecule has 1 aliphatic rings. The maximum atomic E-state index is 11.7. The lowest BCUT2D eigenvalue weighted by molar-refractivity contribution is -0.153. The lowest BCUT2D eigenvalue weighted by Crippen LogP contribution is -2.40. The minimum atomic E-state index is -0.710. The molecule has 3 heteroatoms. The second-order valence-electron chi connectivity index (χ2n) is 4.94. The van der Waals surface area contributed by atoms with E-state index >= 15 is 0 Å². The van der Waals surface area contributed by atoms with Crippen molar-refractivity contribution in [1.29, 1.82) is 0 Å². The lowest BCUT2D eigenvalue weighted by atomic mass is 9.74. The van der Waals surface area contributed by atoms with Crippen molar-refractivity contribution in [3.63, 3.8) is 0 Å². The zero-order chi connectivity index (χ0) is 12.5. The number of rotatable bonds is 4. The van der Waals surface area contributed by atoms with Crippen molar-refractivity contribution in [2.75, 3.05) is 13.7 Å². The lowest BCUT2D eigenvalue weighted by Gasteiger charge is -2.30. The number of hydrogen-bond donors (Lipinski definition) is 1. The van der Waals surface area contributed by atoms with Gasteiger partial charge in [-0.1, -0.05) is 31.2 Å². The Kier molecular flexibility index (Phi) is 3.20. The second-order valence-corrected chi connectivity index (χ2v) is 4.94. The molecule has 2 rings (SSSR count). The minimum absolute atomic E-state index is 0.0115. The summed E-state index contributed by atoms with van der Waals surface area (Å²) in [5.74, 6) is -0.698. The molecule has 0 aliphatic heterocycles. The van der Waals surface area contributed by atoms with Crippen molar-refractivity contribution in [2.24, 2.45) is 11.3 Å². The molecule has 0 radical (unpaired) electrons. The Labute approximate surface area is 101 Å². The summed E-state index contributed by atoms with van der Waals surface area (Å²) < 4.78 is 5.13. The molecule has 92 valence electrons. The highest BCUT2D eigenvalue weighted by molar-refractivity contribution is 5.77. The van der Waals surface area contributed by atoms with E-state index in [-0.39, 0.29) is 5.92 Å². The van der Waals surface area contributed by atoms with Gasteiger partial charge in [0, 0.05) is 13.7 Å². The molecule has 0 fully saturated rings. The molecule has 0 saturated carbocycles. The number of fused-ring (bicyclic) bond motifs is 1. The van der Waals surface area contributed by atoms with Gasteiger partial charge in [-0.3, -0.25) is 4.79 Å². The van der Waals surface area contributed by atoms with Crippen molar-refractivity contribution >= 4 is 5.97 Å². The molecule has 0 saturated heterocycles. The number of aliphatic carboxylic acids is 1. The Balaban J connectivity index is 2.32. The van der Waals surface area contributed by atoms with Crippen LogP contribution in [-0.4, -0.2) is 24.8 Å². The third kappa shape index (κ3) is 1.95. The minimum Gasteiger partial charge on any atom is -0.481 e. The average molecular weight is 234 g/mol. The molecule has 0 amide bonds. The number of carbonyl (C=O) groups is 1. The second kappa shape index (κ2) is 4.49. The number of benzene rings is 1. The van der Waals surface area contributed by atoms with Crippen molar-refractivity contribution in [3.05, 3.63) is 35.4 Å². The summed E-state index contributed by atoms with van der Waals surface area (Å²) >= 11 is 0. The molecule has 1 aliphatic carbocycles. The SMILES string of the molecule is COCC(C)C1(C(=O)O)Cc2ccccc2C1. The summed E-state index contributed by atoms with van der Waals surface area (Å²) in [5, 5.41) is 9.58. The van der Waals surface area contributed by atoms with Crippen molar-refractivity contribution in [3.8, 4) is 0 Å². The molecule has 17 heavy (non-hydrogen) atoms. The first-order chi connectivity index (χ1) is 8.10. The highest BCUT2D eigenvalue weighted by Gasteiger charge is 2.47. The van der Waals surface area contributed by atoms with E-state index in [1.54, 1.807) is 7.11 Å². The van der Waals surface area contributed by atoms with Crippen LogP contribution in [0.1, 0.15) is 18.1 Å². The van der Waals surface area contributed by atoms with Crippen LogP contribution in [0.5, 0.6) is 0 Å². The molecular formula is C14H18O3. The van der Waals surface area contributed by atoms with Crippen molar-refractivity contribution < 1.29 is 14.6 Å². The Morgan fingerprint density at radius 1 is 1.41 bits per heavy atom. The van der Waals surface area contributed by atoms with E-state index in [9.17, 15) is 9.90 Å². The highest BCUT2D eigenvalue weighted by Crippen LogP contribution is 2.43. The first-order valence-electron chi connectivity index (χ1n) is 5.89. The van der Waals surface area contributed by atoms with Gasteiger partial charge in [-0.25, -0.2) is 0 Å². The maximum Gasteiger partial charge on any atom is 0.310 e. The fourth-order valence-corrected chi connectivity index (χ4v) is 2.76. The Bertz CT molecular complexity index is 400. The largest absolute Gasteiger partial charge is 0.481 e. The highest BCUT2D eigenvalue weighted by atomic mass is 16.5. The molecule has 0 spiro atoms. The van der Waals surface area contributed by atoms with Gasteiger partial charge in [-0.2, -0.15) is 0 Å². The van der Waals surface area contributed by atoms with Gasteiger partial charge in [0.1, 0.15) is 0 Å².